The molecule has 0 aliphatic heterocycles. The number of amides is 1. The summed E-state index contributed by atoms with van der Waals surface area (Å²) >= 11 is 12.2. The zero-order valence-electron chi connectivity index (χ0n) is 17.8. The average molecular weight is 491 g/mol. The van der Waals surface area contributed by atoms with Crippen LogP contribution in [0.4, 0.5) is 5.69 Å². The molecule has 8 heteroatoms. The molecule has 3 aromatic carbocycles. The summed E-state index contributed by atoms with van der Waals surface area (Å²) in [6, 6.07) is 20.7. The molecule has 0 bridgehead atoms. The van der Waals surface area contributed by atoms with Crippen molar-refractivity contribution in [2.45, 2.75) is 24.7 Å². The van der Waals surface area contributed by atoms with Gasteiger partial charge in [0.15, 0.2) is 0 Å². The second kappa shape index (κ2) is 10.4. The lowest BCUT2D eigenvalue weighted by Gasteiger charge is -2.25. The highest BCUT2D eigenvalue weighted by Gasteiger charge is 2.28. The van der Waals surface area contributed by atoms with Crippen molar-refractivity contribution in [3.05, 3.63) is 94.0 Å². The predicted octanol–water partition coefficient (Wildman–Crippen LogP) is 5.42. The maximum Gasteiger partial charge on any atom is 0.264 e. The lowest BCUT2D eigenvalue weighted by Crippen LogP contribution is -2.41. The molecule has 168 valence electrons. The number of benzene rings is 3. The minimum atomic E-state index is -4.03. The Morgan fingerprint density at radius 2 is 1.56 bits per heavy atom. The van der Waals surface area contributed by atoms with Gasteiger partial charge in [-0.2, -0.15) is 0 Å². The van der Waals surface area contributed by atoms with Crippen LogP contribution in [0.5, 0.6) is 0 Å². The smallest absolute Gasteiger partial charge is 0.264 e. The highest BCUT2D eigenvalue weighted by Crippen LogP contribution is 2.29. The van der Waals surface area contributed by atoms with E-state index in [2.05, 4.69) is 5.32 Å². The largest absolute Gasteiger partial charge is 0.354 e. The van der Waals surface area contributed by atoms with Gasteiger partial charge in [-0.15, -0.1) is 0 Å². The zero-order chi connectivity index (χ0) is 23.3. The van der Waals surface area contributed by atoms with Gasteiger partial charge in [-0.3, -0.25) is 9.10 Å². The quantitative estimate of drug-likeness (QED) is 0.458. The van der Waals surface area contributed by atoms with Crippen molar-refractivity contribution in [1.82, 2.24) is 5.32 Å². The molecule has 0 fully saturated rings. The van der Waals surface area contributed by atoms with Crippen LogP contribution in [-0.2, 0) is 14.8 Å². The molecule has 0 heterocycles. The van der Waals surface area contributed by atoms with Gasteiger partial charge in [0.05, 0.1) is 10.6 Å². The summed E-state index contributed by atoms with van der Waals surface area (Å²) in [4.78, 5) is 12.9. The molecule has 5 nitrogen and oxygen atoms in total. The van der Waals surface area contributed by atoms with Gasteiger partial charge in [0.25, 0.3) is 10.0 Å². The molecule has 0 aliphatic carbocycles. The van der Waals surface area contributed by atoms with Gasteiger partial charge in [0.1, 0.15) is 6.54 Å². The number of hydrogen-bond donors (Lipinski definition) is 1. The van der Waals surface area contributed by atoms with E-state index in [0.717, 1.165) is 15.4 Å². The number of rotatable bonds is 8. The van der Waals surface area contributed by atoms with Crippen LogP contribution < -0.4 is 9.62 Å². The first kappa shape index (κ1) is 24.1. The Morgan fingerprint density at radius 1 is 0.969 bits per heavy atom. The summed E-state index contributed by atoms with van der Waals surface area (Å²) in [5.41, 5.74) is 2.22. The van der Waals surface area contributed by atoms with Crippen LogP contribution in [0, 0.1) is 6.92 Å². The number of hydrogen-bond acceptors (Lipinski definition) is 3. The van der Waals surface area contributed by atoms with E-state index in [9.17, 15) is 13.2 Å². The van der Waals surface area contributed by atoms with Gasteiger partial charge in [0, 0.05) is 16.6 Å². The third-order valence-corrected chi connectivity index (χ3v) is 7.23. The molecule has 0 unspecified atom stereocenters. The van der Waals surface area contributed by atoms with Gasteiger partial charge in [-0.1, -0.05) is 78.2 Å². The van der Waals surface area contributed by atoms with E-state index in [4.69, 9.17) is 23.2 Å². The Kier molecular flexibility index (Phi) is 7.82. The number of anilines is 1. The third kappa shape index (κ3) is 6.03. The highest BCUT2D eigenvalue weighted by molar-refractivity contribution is 7.92. The summed E-state index contributed by atoms with van der Waals surface area (Å²) in [7, 11) is -4.03. The number of carbonyl (C=O) groups is 1. The SMILES string of the molecule is Cc1ccc(S(=O)(=O)N(CC(=O)NC[C@@H](C)c2ccccc2)c2cc(Cl)cc(Cl)c2)cc1. The van der Waals surface area contributed by atoms with Crippen molar-refractivity contribution in [3.8, 4) is 0 Å². The lowest BCUT2D eigenvalue weighted by molar-refractivity contribution is -0.119. The lowest BCUT2D eigenvalue weighted by atomic mass is 10.0. The van der Waals surface area contributed by atoms with E-state index in [-0.39, 0.29) is 26.5 Å². The maximum absolute atomic E-state index is 13.4. The molecule has 0 aromatic heterocycles. The van der Waals surface area contributed by atoms with Crippen LogP contribution in [0.25, 0.3) is 0 Å². The first-order valence-corrected chi connectivity index (χ1v) is 12.2. The number of carbonyl (C=O) groups excluding carboxylic acids is 1. The number of nitrogens with zero attached hydrogens (tertiary/aromatic N) is 1. The van der Waals surface area contributed by atoms with Crippen LogP contribution in [0.15, 0.2) is 77.7 Å². The summed E-state index contributed by atoms with van der Waals surface area (Å²) in [6.45, 7) is 3.82. The summed E-state index contributed by atoms with van der Waals surface area (Å²) < 4.78 is 27.9. The van der Waals surface area contributed by atoms with Gasteiger partial charge >= 0.3 is 0 Å². The first-order chi connectivity index (χ1) is 15.2. The Balaban J connectivity index is 1.85. The Labute approximate surface area is 199 Å². The molecule has 3 aromatic rings. The molecular formula is C24H24Cl2N2O3S. The molecule has 0 radical (unpaired) electrons. The molecule has 0 saturated carbocycles. The molecular weight excluding hydrogens is 467 g/mol. The van der Waals surface area contributed by atoms with Crippen LogP contribution in [0.2, 0.25) is 10.0 Å². The molecule has 1 amide bonds. The Bertz CT molecular complexity index is 1160. The zero-order valence-corrected chi connectivity index (χ0v) is 20.1. The summed E-state index contributed by atoms with van der Waals surface area (Å²) in [6.07, 6.45) is 0. The Hall–Kier alpha value is -2.54. The minimum absolute atomic E-state index is 0.0721. The molecule has 3 rings (SSSR count). The van der Waals surface area contributed by atoms with Crippen molar-refractivity contribution < 1.29 is 13.2 Å². The predicted molar refractivity (Wildman–Crippen MR) is 130 cm³/mol. The van der Waals surface area contributed by atoms with Crippen LogP contribution in [-0.4, -0.2) is 27.4 Å². The molecule has 1 atom stereocenters. The second-order valence-corrected chi connectivity index (χ2v) is 10.3. The van der Waals surface area contributed by atoms with Crippen molar-refractivity contribution in [2.24, 2.45) is 0 Å². The van der Waals surface area contributed by atoms with Crippen molar-refractivity contribution >= 4 is 44.8 Å². The second-order valence-electron chi connectivity index (χ2n) is 7.57. The van der Waals surface area contributed by atoms with E-state index < -0.39 is 22.5 Å². The van der Waals surface area contributed by atoms with E-state index in [1.54, 1.807) is 12.1 Å². The van der Waals surface area contributed by atoms with Crippen molar-refractivity contribution in [3.63, 3.8) is 0 Å². The van der Waals surface area contributed by atoms with Crippen molar-refractivity contribution in [2.75, 3.05) is 17.4 Å². The average Bonchev–Trinajstić information content (AvgIpc) is 2.76. The molecule has 32 heavy (non-hydrogen) atoms. The van der Waals surface area contributed by atoms with E-state index in [1.807, 2.05) is 44.2 Å². The normalized spacial score (nSPS) is 12.2. The fraction of sp³-hybridized carbons (Fsp3) is 0.208. The van der Waals surface area contributed by atoms with Gasteiger partial charge in [-0.05, 0) is 48.7 Å². The van der Waals surface area contributed by atoms with Crippen molar-refractivity contribution in [1.29, 1.82) is 0 Å². The van der Waals surface area contributed by atoms with Crippen LogP contribution in [0.3, 0.4) is 0 Å². The standard InChI is InChI=1S/C24H24Cl2N2O3S/c1-17-8-10-23(11-9-17)32(30,31)28(22-13-20(25)12-21(26)14-22)16-24(29)27-15-18(2)19-6-4-3-5-7-19/h3-14,18H,15-16H2,1-2H3,(H,27,29)/t18-/m1/s1. The fourth-order valence-corrected chi connectivity index (χ4v) is 5.11. The number of sulfonamides is 1. The van der Waals surface area contributed by atoms with E-state index in [0.29, 0.717) is 6.54 Å². The summed E-state index contributed by atoms with van der Waals surface area (Å²) in [5.74, 6) is -0.359. The maximum atomic E-state index is 13.4. The van der Waals surface area contributed by atoms with Crippen LogP contribution in [0.1, 0.15) is 24.0 Å². The number of halogens is 2. The topological polar surface area (TPSA) is 66.5 Å². The number of nitrogens with one attached hydrogen (secondary N) is 1. The van der Waals surface area contributed by atoms with E-state index >= 15 is 0 Å². The third-order valence-electron chi connectivity index (χ3n) is 5.01. The monoisotopic (exact) mass is 490 g/mol. The molecule has 0 saturated heterocycles. The molecule has 0 spiro atoms. The Morgan fingerprint density at radius 3 is 2.16 bits per heavy atom. The van der Waals surface area contributed by atoms with Gasteiger partial charge in [-0.25, -0.2) is 8.42 Å². The van der Waals surface area contributed by atoms with E-state index in [1.165, 1.54) is 30.3 Å². The van der Waals surface area contributed by atoms with Crippen LogP contribution >= 0.6 is 23.2 Å². The first-order valence-electron chi connectivity index (χ1n) is 10.0. The number of aryl methyl sites for hydroxylation is 1. The minimum Gasteiger partial charge on any atom is -0.354 e. The molecule has 1 N–H and O–H groups in total. The fourth-order valence-electron chi connectivity index (χ4n) is 3.19. The molecule has 0 aliphatic rings. The summed E-state index contributed by atoms with van der Waals surface area (Å²) in [5, 5.41) is 3.38. The van der Waals surface area contributed by atoms with Gasteiger partial charge < -0.3 is 5.32 Å². The van der Waals surface area contributed by atoms with Gasteiger partial charge in [0.2, 0.25) is 5.91 Å². The highest BCUT2D eigenvalue weighted by atomic mass is 35.5.